The van der Waals surface area contributed by atoms with Gasteiger partial charge in [-0.05, 0) is 13.0 Å². The summed E-state index contributed by atoms with van der Waals surface area (Å²) in [5.74, 6) is -1.10. The van der Waals surface area contributed by atoms with Crippen molar-refractivity contribution in [3.63, 3.8) is 0 Å². The van der Waals surface area contributed by atoms with Crippen molar-refractivity contribution in [1.29, 1.82) is 0 Å². The van der Waals surface area contributed by atoms with Crippen LogP contribution in [0.15, 0.2) is 24.3 Å². The highest BCUT2D eigenvalue weighted by Gasteiger charge is 2.25. The monoisotopic (exact) mass is 224 g/mol. The number of rotatable bonds is 5. The van der Waals surface area contributed by atoms with Crippen LogP contribution in [0.4, 0.5) is 0 Å². The minimum Gasteiger partial charge on any atom is -0.494 e. The van der Waals surface area contributed by atoms with Gasteiger partial charge in [-0.1, -0.05) is 25.1 Å². The Labute approximate surface area is 94.5 Å². The van der Waals surface area contributed by atoms with E-state index in [0.29, 0.717) is 17.9 Å². The Balaban J connectivity index is 2.97. The quantitative estimate of drug-likeness (QED) is 0.797. The Morgan fingerprint density at radius 2 is 2.06 bits per heavy atom. The van der Waals surface area contributed by atoms with Gasteiger partial charge in [-0.3, -0.25) is 0 Å². The summed E-state index contributed by atoms with van der Waals surface area (Å²) in [6.07, 6.45) is -1.42. The first-order valence-corrected chi connectivity index (χ1v) is 5.20. The molecule has 0 aliphatic carbocycles. The minimum atomic E-state index is -1.42. The van der Waals surface area contributed by atoms with E-state index in [4.69, 9.17) is 9.84 Å². The summed E-state index contributed by atoms with van der Waals surface area (Å²) in [4.78, 5) is 10.7. The Morgan fingerprint density at radius 3 is 2.62 bits per heavy atom. The zero-order chi connectivity index (χ0) is 12.1. The predicted octanol–water partition coefficient (Wildman–Crippen LogP) is 1.63. The van der Waals surface area contributed by atoms with Crippen LogP contribution in [0.5, 0.6) is 5.75 Å². The van der Waals surface area contributed by atoms with Crippen molar-refractivity contribution in [3.05, 3.63) is 29.8 Å². The summed E-state index contributed by atoms with van der Waals surface area (Å²) in [6.45, 7) is 4.03. The third kappa shape index (κ3) is 2.73. The molecule has 1 aromatic rings. The van der Waals surface area contributed by atoms with E-state index in [-0.39, 0.29) is 0 Å². The largest absolute Gasteiger partial charge is 0.494 e. The fourth-order valence-corrected chi connectivity index (χ4v) is 1.53. The van der Waals surface area contributed by atoms with Gasteiger partial charge in [0.05, 0.1) is 6.61 Å². The lowest BCUT2D eigenvalue weighted by atomic mass is 9.94. The average molecular weight is 224 g/mol. The molecule has 0 radical (unpaired) electrons. The molecular formula is C12H16O4. The number of aliphatic hydroxyl groups excluding tert-OH is 1. The molecule has 0 fully saturated rings. The van der Waals surface area contributed by atoms with E-state index in [9.17, 15) is 9.90 Å². The molecule has 88 valence electrons. The molecule has 0 aromatic heterocycles. The lowest BCUT2D eigenvalue weighted by molar-refractivity contribution is -0.147. The highest BCUT2D eigenvalue weighted by Crippen LogP contribution is 2.28. The molecule has 16 heavy (non-hydrogen) atoms. The van der Waals surface area contributed by atoms with Gasteiger partial charge >= 0.3 is 5.97 Å². The maximum absolute atomic E-state index is 10.7. The van der Waals surface area contributed by atoms with E-state index in [1.54, 1.807) is 25.1 Å². The number of carbonyl (C=O) groups is 1. The highest BCUT2D eigenvalue weighted by molar-refractivity contribution is 5.73. The molecule has 0 bridgehead atoms. The standard InChI is InChI=1S/C12H16O4/c1-3-16-10-7-5-4-6-9(10)8(2)11(13)12(14)15/h4-8,11,13H,3H2,1-2H3,(H,14,15). The Morgan fingerprint density at radius 1 is 1.44 bits per heavy atom. The van der Waals surface area contributed by atoms with Crippen LogP contribution in [0, 0.1) is 0 Å². The molecule has 0 spiro atoms. The van der Waals surface area contributed by atoms with Gasteiger partial charge in [0.2, 0.25) is 0 Å². The van der Waals surface area contributed by atoms with Crippen LogP contribution in [-0.2, 0) is 4.79 Å². The number of aliphatic hydroxyl groups is 1. The van der Waals surface area contributed by atoms with Crippen LogP contribution in [0.1, 0.15) is 25.3 Å². The molecule has 2 unspecified atom stereocenters. The van der Waals surface area contributed by atoms with Gasteiger partial charge < -0.3 is 14.9 Å². The molecule has 0 aliphatic heterocycles. The first-order valence-electron chi connectivity index (χ1n) is 5.20. The summed E-state index contributed by atoms with van der Waals surface area (Å²) in [5.41, 5.74) is 0.708. The maximum Gasteiger partial charge on any atom is 0.333 e. The van der Waals surface area contributed by atoms with E-state index < -0.39 is 18.0 Å². The zero-order valence-corrected chi connectivity index (χ0v) is 9.38. The number of benzene rings is 1. The number of carboxylic acid groups (broad SMARTS) is 1. The normalized spacial score (nSPS) is 14.2. The summed E-state index contributed by atoms with van der Waals surface area (Å²) in [7, 11) is 0. The van der Waals surface area contributed by atoms with Crippen molar-refractivity contribution in [2.75, 3.05) is 6.61 Å². The molecular weight excluding hydrogens is 208 g/mol. The van der Waals surface area contributed by atoms with Gasteiger partial charge in [-0.25, -0.2) is 4.79 Å². The van der Waals surface area contributed by atoms with Crippen molar-refractivity contribution in [2.24, 2.45) is 0 Å². The summed E-state index contributed by atoms with van der Waals surface area (Å²) < 4.78 is 5.38. The van der Waals surface area contributed by atoms with Crippen molar-refractivity contribution in [1.82, 2.24) is 0 Å². The van der Waals surface area contributed by atoms with Crippen LogP contribution in [-0.4, -0.2) is 28.9 Å². The predicted molar refractivity (Wildman–Crippen MR) is 59.7 cm³/mol. The number of hydrogen-bond donors (Lipinski definition) is 2. The highest BCUT2D eigenvalue weighted by atomic mass is 16.5. The third-order valence-electron chi connectivity index (χ3n) is 2.44. The number of para-hydroxylation sites is 1. The molecule has 4 heteroatoms. The lowest BCUT2D eigenvalue weighted by Gasteiger charge is -2.18. The molecule has 1 rings (SSSR count). The van der Waals surface area contributed by atoms with E-state index in [0.717, 1.165) is 0 Å². The maximum atomic E-state index is 10.7. The zero-order valence-electron chi connectivity index (χ0n) is 9.38. The van der Waals surface area contributed by atoms with E-state index in [1.807, 2.05) is 13.0 Å². The Hall–Kier alpha value is -1.55. The smallest absolute Gasteiger partial charge is 0.333 e. The average Bonchev–Trinajstić information content (AvgIpc) is 2.28. The number of hydrogen-bond acceptors (Lipinski definition) is 3. The number of ether oxygens (including phenoxy) is 1. The molecule has 1 aromatic carbocycles. The first-order chi connectivity index (χ1) is 7.57. The van der Waals surface area contributed by atoms with Gasteiger partial charge in [0.1, 0.15) is 5.75 Å². The second-order valence-electron chi connectivity index (χ2n) is 3.54. The Bertz CT molecular complexity index is 362. The summed E-state index contributed by atoms with van der Waals surface area (Å²) in [6, 6.07) is 7.14. The lowest BCUT2D eigenvalue weighted by Crippen LogP contribution is -2.26. The van der Waals surface area contributed by atoms with Crippen molar-refractivity contribution < 1.29 is 19.7 Å². The van der Waals surface area contributed by atoms with Crippen LogP contribution >= 0.6 is 0 Å². The molecule has 0 amide bonds. The second-order valence-corrected chi connectivity index (χ2v) is 3.54. The second kappa shape index (κ2) is 5.51. The van der Waals surface area contributed by atoms with Crippen LogP contribution in [0.25, 0.3) is 0 Å². The molecule has 0 saturated heterocycles. The minimum absolute atomic E-state index is 0.500. The topological polar surface area (TPSA) is 66.8 Å². The van der Waals surface area contributed by atoms with Crippen molar-refractivity contribution in [3.8, 4) is 5.75 Å². The van der Waals surface area contributed by atoms with Gasteiger partial charge in [-0.2, -0.15) is 0 Å². The van der Waals surface area contributed by atoms with Crippen molar-refractivity contribution in [2.45, 2.75) is 25.9 Å². The molecule has 0 saturated carbocycles. The van der Waals surface area contributed by atoms with Crippen LogP contribution < -0.4 is 4.74 Å². The van der Waals surface area contributed by atoms with E-state index in [2.05, 4.69) is 0 Å². The van der Waals surface area contributed by atoms with Crippen molar-refractivity contribution >= 4 is 5.97 Å². The van der Waals surface area contributed by atoms with Gasteiger partial charge in [0, 0.05) is 11.5 Å². The Kier molecular flexibility index (Phi) is 4.31. The van der Waals surface area contributed by atoms with Crippen LogP contribution in [0.3, 0.4) is 0 Å². The van der Waals surface area contributed by atoms with Gasteiger partial charge in [0.15, 0.2) is 6.10 Å². The molecule has 2 N–H and O–H groups in total. The summed E-state index contributed by atoms with van der Waals surface area (Å²) in [5, 5.41) is 18.2. The fourth-order valence-electron chi connectivity index (χ4n) is 1.53. The number of carboxylic acids is 1. The molecule has 0 aliphatic rings. The van der Waals surface area contributed by atoms with Gasteiger partial charge in [0.25, 0.3) is 0 Å². The molecule has 4 nitrogen and oxygen atoms in total. The molecule has 2 atom stereocenters. The van der Waals surface area contributed by atoms with E-state index >= 15 is 0 Å². The summed E-state index contributed by atoms with van der Waals surface area (Å²) >= 11 is 0. The van der Waals surface area contributed by atoms with Crippen LogP contribution in [0.2, 0.25) is 0 Å². The SMILES string of the molecule is CCOc1ccccc1C(C)C(O)C(=O)O. The van der Waals surface area contributed by atoms with E-state index in [1.165, 1.54) is 0 Å². The fraction of sp³-hybridized carbons (Fsp3) is 0.417. The third-order valence-corrected chi connectivity index (χ3v) is 2.44. The first kappa shape index (κ1) is 12.5. The molecule has 0 heterocycles. The van der Waals surface area contributed by atoms with Gasteiger partial charge in [-0.15, -0.1) is 0 Å². The number of aliphatic carboxylic acids is 1.